The highest BCUT2D eigenvalue weighted by molar-refractivity contribution is 6.30. The highest BCUT2D eigenvalue weighted by atomic mass is 35.5. The molecule has 4 nitrogen and oxygen atoms in total. The molecule has 1 aliphatic carbocycles. The lowest BCUT2D eigenvalue weighted by Gasteiger charge is -2.27. The molecule has 1 aromatic carbocycles. The predicted octanol–water partition coefficient (Wildman–Crippen LogP) is 3.33. The molecule has 1 heterocycles. The minimum absolute atomic E-state index is 0.0391. The molecule has 2 fully saturated rings. The fourth-order valence-corrected chi connectivity index (χ4v) is 3.26. The largest absolute Gasteiger partial charge is 0.493 e. The van der Waals surface area contributed by atoms with E-state index in [1.54, 1.807) is 7.11 Å². The van der Waals surface area contributed by atoms with Crippen LogP contribution in [0.4, 0.5) is 0 Å². The summed E-state index contributed by atoms with van der Waals surface area (Å²) >= 11 is 6.23. The Balaban J connectivity index is 1.92. The molecule has 0 bridgehead atoms. The third-order valence-corrected chi connectivity index (χ3v) is 4.35. The Hall–Kier alpha value is -0.970. The highest BCUT2D eigenvalue weighted by Crippen LogP contribution is 2.41. The van der Waals surface area contributed by atoms with Crippen LogP contribution in [0.15, 0.2) is 12.1 Å². The highest BCUT2D eigenvalue weighted by Gasteiger charge is 2.26. The van der Waals surface area contributed by atoms with Crippen molar-refractivity contribution in [1.82, 2.24) is 5.32 Å². The molecule has 0 radical (unpaired) electrons. The summed E-state index contributed by atoms with van der Waals surface area (Å²) in [7, 11) is 1.65. The van der Waals surface area contributed by atoms with Crippen molar-refractivity contribution in [2.45, 2.75) is 37.9 Å². The Morgan fingerprint density at radius 3 is 2.76 bits per heavy atom. The van der Waals surface area contributed by atoms with Gasteiger partial charge >= 0.3 is 0 Å². The van der Waals surface area contributed by atoms with Gasteiger partial charge in [0.05, 0.1) is 25.9 Å². The molecule has 1 saturated heterocycles. The number of morpholine rings is 1. The summed E-state index contributed by atoms with van der Waals surface area (Å²) in [5.74, 6) is 1.49. The maximum atomic E-state index is 6.25. The van der Waals surface area contributed by atoms with E-state index in [1.807, 2.05) is 12.1 Å². The molecule has 1 atom stereocenters. The smallest absolute Gasteiger partial charge is 0.167 e. The fourth-order valence-electron chi connectivity index (χ4n) is 3.04. The van der Waals surface area contributed by atoms with Crippen LogP contribution < -0.4 is 14.8 Å². The summed E-state index contributed by atoms with van der Waals surface area (Å²) in [6, 6.07) is 3.75. The van der Waals surface area contributed by atoms with Crippen LogP contribution in [0.1, 0.15) is 37.4 Å². The second kappa shape index (κ2) is 6.86. The third kappa shape index (κ3) is 3.44. The predicted molar refractivity (Wildman–Crippen MR) is 82.5 cm³/mol. The zero-order valence-corrected chi connectivity index (χ0v) is 13.1. The lowest BCUT2D eigenvalue weighted by atomic mass is 10.1. The molecular formula is C16H22ClNO3. The van der Waals surface area contributed by atoms with Crippen molar-refractivity contribution in [3.05, 3.63) is 22.7 Å². The number of halogens is 1. The van der Waals surface area contributed by atoms with Gasteiger partial charge in [-0.2, -0.15) is 0 Å². The molecule has 1 N–H and O–H groups in total. The lowest BCUT2D eigenvalue weighted by Crippen LogP contribution is -2.33. The molecular weight excluding hydrogens is 290 g/mol. The quantitative estimate of drug-likeness (QED) is 0.926. The number of hydrogen-bond donors (Lipinski definition) is 1. The molecule has 0 spiro atoms. The molecule has 1 aromatic rings. The van der Waals surface area contributed by atoms with Crippen LogP contribution in [0, 0.1) is 0 Å². The summed E-state index contributed by atoms with van der Waals surface area (Å²) < 4.78 is 17.6. The van der Waals surface area contributed by atoms with Crippen LogP contribution in [-0.4, -0.2) is 32.9 Å². The first-order chi connectivity index (χ1) is 10.3. The maximum absolute atomic E-state index is 6.25. The number of ether oxygens (including phenoxy) is 3. The second-order valence-electron chi connectivity index (χ2n) is 5.61. The van der Waals surface area contributed by atoms with Crippen molar-refractivity contribution in [3.63, 3.8) is 0 Å². The normalized spacial score (nSPS) is 23.2. The molecule has 5 heteroatoms. The molecule has 1 aliphatic heterocycles. The summed E-state index contributed by atoms with van der Waals surface area (Å²) in [6.45, 7) is 2.35. The van der Waals surface area contributed by atoms with Gasteiger partial charge in [0.25, 0.3) is 0 Å². The minimum atomic E-state index is -0.0391. The molecule has 1 unspecified atom stereocenters. The molecule has 1 saturated carbocycles. The van der Waals surface area contributed by atoms with Crippen LogP contribution in [-0.2, 0) is 4.74 Å². The van der Waals surface area contributed by atoms with E-state index in [4.69, 9.17) is 25.8 Å². The Kier molecular flexibility index (Phi) is 4.88. The summed E-state index contributed by atoms with van der Waals surface area (Å²) in [4.78, 5) is 0. The minimum Gasteiger partial charge on any atom is -0.493 e. The third-order valence-electron chi connectivity index (χ3n) is 4.13. The topological polar surface area (TPSA) is 39.7 Å². The van der Waals surface area contributed by atoms with Crippen LogP contribution in [0.3, 0.4) is 0 Å². The molecule has 116 valence electrons. The first kappa shape index (κ1) is 14.9. The molecule has 2 aliphatic rings. The number of methoxy groups -OCH3 is 1. The maximum Gasteiger partial charge on any atom is 0.167 e. The average molecular weight is 312 g/mol. The van der Waals surface area contributed by atoms with Gasteiger partial charge in [0.2, 0.25) is 0 Å². The Morgan fingerprint density at radius 2 is 2.10 bits per heavy atom. The molecule has 3 rings (SSSR count). The number of nitrogens with one attached hydrogen (secondary N) is 1. The van der Waals surface area contributed by atoms with E-state index in [0.29, 0.717) is 17.4 Å². The van der Waals surface area contributed by atoms with Gasteiger partial charge in [-0.15, -0.1) is 0 Å². The summed E-state index contributed by atoms with van der Waals surface area (Å²) in [6.07, 6.45) is 4.91. The number of benzene rings is 1. The van der Waals surface area contributed by atoms with Crippen LogP contribution in [0.2, 0.25) is 5.02 Å². The fraction of sp³-hybridized carbons (Fsp3) is 0.625. The van der Waals surface area contributed by atoms with E-state index in [0.717, 1.165) is 37.2 Å². The first-order valence-electron chi connectivity index (χ1n) is 7.64. The van der Waals surface area contributed by atoms with Gasteiger partial charge in [0, 0.05) is 29.7 Å². The van der Waals surface area contributed by atoms with Gasteiger partial charge in [0.15, 0.2) is 11.5 Å². The lowest BCUT2D eigenvalue weighted by molar-refractivity contribution is 0.0247. The van der Waals surface area contributed by atoms with Gasteiger partial charge in [0.1, 0.15) is 0 Å². The van der Waals surface area contributed by atoms with Crippen LogP contribution in [0.25, 0.3) is 0 Å². The van der Waals surface area contributed by atoms with E-state index in [1.165, 1.54) is 12.8 Å². The first-order valence-corrected chi connectivity index (χ1v) is 8.02. The monoisotopic (exact) mass is 311 g/mol. The summed E-state index contributed by atoms with van der Waals surface area (Å²) in [5.41, 5.74) is 0.985. The Morgan fingerprint density at radius 1 is 1.29 bits per heavy atom. The zero-order valence-electron chi connectivity index (χ0n) is 12.4. The van der Waals surface area contributed by atoms with E-state index >= 15 is 0 Å². The SMILES string of the molecule is COc1cc(Cl)cc(C2CNCCO2)c1OC1CCCC1. The molecule has 0 aromatic heterocycles. The average Bonchev–Trinajstić information content (AvgIpc) is 3.02. The Bertz CT molecular complexity index is 483. The van der Waals surface area contributed by atoms with Gasteiger partial charge in [-0.25, -0.2) is 0 Å². The number of hydrogen-bond acceptors (Lipinski definition) is 4. The van der Waals surface area contributed by atoms with Gasteiger partial charge in [-0.05, 0) is 31.7 Å². The molecule has 0 amide bonds. The van der Waals surface area contributed by atoms with Crippen molar-refractivity contribution in [1.29, 1.82) is 0 Å². The van der Waals surface area contributed by atoms with E-state index < -0.39 is 0 Å². The standard InChI is InChI=1S/C16H22ClNO3/c1-19-14-9-11(17)8-13(15-10-18-6-7-20-15)16(14)21-12-4-2-3-5-12/h8-9,12,15,18H,2-7,10H2,1H3. The van der Waals surface area contributed by atoms with Crippen molar-refractivity contribution in [2.75, 3.05) is 26.8 Å². The van der Waals surface area contributed by atoms with Gasteiger partial charge in [-0.1, -0.05) is 11.6 Å². The van der Waals surface area contributed by atoms with Gasteiger partial charge < -0.3 is 19.5 Å². The van der Waals surface area contributed by atoms with E-state index in [2.05, 4.69) is 5.32 Å². The van der Waals surface area contributed by atoms with Crippen LogP contribution in [0.5, 0.6) is 11.5 Å². The Labute approximate surface area is 130 Å². The molecule has 21 heavy (non-hydrogen) atoms. The van der Waals surface area contributed by atoms with Crippen molar-refractivity contribution in [2.24, 2.45) is 0 Å². The van der Waals surface area contributed by atoms with Crippen molar-refractivity contribution < 1.29 is 14.2 Å². The van der Waals surface area contributed by atoms with Crippen LogP contribution >= 0.6 is 11.6 Å². The van der Waals surface area contributed by atoms with Crippen molar-refractivity contribution >= 4 is 11.6 Å². The van der Waals surface area contributed by atoms with Crippen molar-refractivity contribution in [3.8, 4) is 11.5 Å². The summed E-state index contributed by atoms with van der Waals surface area (Å²) in [5, 5.41) is 3.99. The van der Waals surface area contributed by atoms with Gasteiger partial charge in [-0.3, -0.25) is 0 Å². The van der Waals surface area contributed by atoms with E-state index in [9.17, 15) is 0 Å². The number of rotatable bonds is 4. The zero-order chi connectivity index (χ0) is 14.7. The second-order valence-corrected chi connectivity index (χ2v) is 6.05. The van der Waals surface area contributed by atoms with E-state index in [-0.39, 0.29) is 12.2 Å².